The number of hydrogen-bond donors (Lipinski definition) is 2. The van der Waals surface area contributed by atoms with Crippen LogP contribution in [0, 0.1) is 0 Å². The fourth-order valence-electron chi connectivity index (χ4n) is 2.87. The van der Waals surface area contributed by atoms with Crippen molar-refractivity contribution in [3.05, 3.63) is 90.0 Å². The summed E-state index contributed by atoms with van der Waals surface area (Å²) in [5, 5.41) is 2.87. The zero-order valence-corrected chi connectivity index (χ0v) is 18.2. The number of carbonyl (C=O) groups excluding carboxylic acids is 1. The minimum atomic E-state index is -3.67. The second-order valence-corrected chi connectivity index (χ2v) is 8.71. The maximum Gasteiger partial charge on any atom is 0.261 e. The first-order chi connectivity index (χ1) is 15.0. The highest BCUT2D eigenvalue weighted by Gasteiger charge is 2.14. The Morgan fingerprint density at radius 1 is 0.935 bits per heavy atom. The summed E-state index contributed by atoms with van der Waals surface area (Å²) in [4.78, 5) is 12.6. The molecule has 0 radical (unpaired) electrons. The number of anilines is 1. The standard InChI is InChI=1S/C24H26N2O4S/c1-2-3-16-30-22-9-7-8-19(17-22)18-25-24(27)20-12-14-21(15-13-20)26-31(28,29)23-10-5-4-6-11-23/h4-15,17,26H,2-3,16,18H2,1H3,(H,25,27). The van der Waals surface area contributed by atoms with Gasteiger partial charge in [-0.15, -0.1) is 0 Å². The van der Waals surface area contributed by atoms with Gasteiger partial charge in [-0.2, -0.15) is 0 Å². The van der Waals surface area contributed by atoms with Crippen LogP contribution in [0.3, 0.4) is 0 Å². The quantitative estimate of drug-likeness (QED) is 0.453. The van der Waals surface area contributed by atoms with Crippen LogP contribution in [-0.4, -0.2) is 20.9 Å². The normalized spacial score (nSPS) is 11.0. The van der Waals surface area contributed by atoms with Gasteiger partial charge in [-0.1, -0.05) is 43.7 Å². The monoisotopic (exact) mass is 438 g/mol. The lowest BCUT2D eigenvalue weighted by atomic mass is 10.1. The summed E-state index contributed by atoms with van der Waals surface area (Å²) in [6.45, 7) is 3.15. The van der Waals surface area contributed by atoms with Crippen molar-refractivity contribution in [2.75, 3.05) is 11.3 Å². The van der Waals surface area contributed by atoms with E-state index in [2.05, 4.69) is 17.0 Å². The topological polar surface area (TPSA) is 84.5 Å². The first-order valence-electron chi connectivity index (χ1n) is 10.2. The molecule has 0 aliphatic carbocycles. The predicted molar refractivity (Wildman–Crippen MR) is 122 cm³/mol. The molecule has 162 valence electrons. The van der Waals surface area contributed by atoms with Crippen LogP contribution >= 0.6 is 0 Å². The molecule has 1 amide bonds. The molecule has 0 unspecified atom stereocenters. The molecular formula is C24H26N2O4S. The van der Waals surface area contributed by atoms with E-state index in [1.165, 1.54) is 12.1 Å². The number of amides is 1. The van der Waals surface area contributed by atoms with Gasteiger partial charge in [0.15, 0.2) is 0 Å². The van der Waals surface area contributed by atoms with E-state index in [0.29, 0.717) is 24.4 Å². The van der Waals surface area contributed by atoms with E-state index in [1.807, 2.05) is 24.3 Å². The lowest BCUT2D eigenvalue weighted by molar-refractivity contribution is 0.0951. The van der Waals surface area contributed by atoms with Gasteiger partial charge >= 0.3 is 0 Å². The van der Waals surface area contributed by atoms with Gasteiger partial charge in [-0.3, -0.25) is 9.52 Å². The third-order valence-corrected chi connectivity index (χ3v) is 5.97. The maximum absolute atomic E-state index is 12.5. The Morgan fingerprint density at radius 2 is 1.68 bits per heavy atom. The Labute approximate surface area is 183 Å². The number of benzene rings is 3. The number of rotatable bonds is 10. The molecule has 0 atom stereocenters. The molecule has 2 N–H and O–H groups in total. The van der Waals surface area contributed by atoms with E-state index >= 15 is 0 Å². The highest BCUT2D eigenvalue weighted by Crippen LogP contribution is 2.17. The molecule has 0 aromatic heterocycles. The lowest BCUT2D eigenvalue weighted by Gasteiger charge is -2.10. The van der Waals surface area contributed by atoms with Crippen LogP contribution in [0.5, 0.6) is 5.75 Å². The van der Waals surface area contributed by atoms with Gasteiger partial charge in [0.2, 0.25) is 0 Å². The third kappa shape index (κ3) is 6.58. The molecule has 0 bridgehead atoms. The zero-order valence-electron chi connectivity index (χ0n) is 17.4. The van der Waals surface area contributed by atoms with Crippen LogP contribution in [0.4, 0.5) is 5.69 Å². The van der Waals surface area contributed by atoms with Gasteiger partial charge in [-0.25, -0.2) is 8.42 Å². The number of sulfonamides is 1. The third-order valence-electron chi connectivity index (χ3n) is 4.57. The molecule has 31 heavy (non-hydrogen) atoms. The molecule has 0 saturated heterocycles. The fourth-order valence-corrected chi connectivity index (χ4v) is 3.95. The lowest BCUT2D eigenvalue weighted by Crippen LogP contribution is -2.22. The zero-order chi connectivity index (χ0) is 22.1. The van der Waals surface area contributed by atoms with Gasteiger partial charge < -0.3 is 10.1 Å². The summed E-state index contributed by atoms with van der Waals surface area (Å²) in [5.74, 6) is 0.546. The maximum atomic E-state index is 12.5. The van der Waals surface area contributed by atoms with Crippen molar-refractivity contribution in [3.63, 3.8) is 0 Å². The van der Waals surface area contributed by atoms with Gasteiger partial charge in [0.1, 0.15) is 5.75 Å². The number of carbonyl (C=O) groups is 1. The average Bonchev–Trinajstić information content (AvgIpc) is 2.79. The molecule has 3 aromatic rings. The largest absolute Gasteiger partial charge is 0.494 e. The molecule has 0 aliphatic heterocycles. The summed E-state index contributed by atoms with van der Waals surface area (Å²) in [5.41, 5.74) is 1.77. The molecule has 6 nitrogen and oxygen atoms in total. The van der Waals surface area contributed by atoms with Crippen LogP contribution < -0.4 is 14.8 Å². The number of nitrogens with one attached hydrogen (secondary N) is 2. The first-order valence-corrected chi connectivity index (χ1v) is 11.6. The van der Waals surface area contributed by atoms with E-state index in [4.69, 9.17) is 4.74 Å². The predicted octanol–water partition coefficient (Wildman–Crippen LogP) is 4.60. The summed E-state index contributed by atoms with van der Waals surface area (Å²) < 4.78 is 33.0. The molecule has 0 fully saturated rings. The molecule has 3 aromatic carbocycles. The van der Waals surface area contributed by atoms with Crippen molar-refractivity contribution in [2.45, 2.75) is 31.2 Å². The number of hydrogen-bond acceptors (Lipinski definition) is 4. The second kappa shape index (κ2) is 10.6. The van der Waals surface area contributed by atoms with E-state index in [0.717, 1.165) is 24.2 Å². The summed E-state index contributed by atoms with van der Waals surface area (Å²) in [6, 6.07) is 22.1. The second-order valence-electron chi connectivity index (χ2n) is 7.03. The summed E-state index contributed by atoms with van der Waals surface area (Å²) >= 11 is 0. The average molecular weight is 439 g/mol. The summed E-state index contributed by atoms with van der Waals surface area (Å²) in [6.07, 6.45) is 2.07. The van der Waals surface area contributed by atoms with Crippen LogP contribution in [0.15, 0.2) is 83.8 Å². The van der Waals surface area contributed by atoms with Crippen LogP contribution in [0.1, 0.15) is 35.7 Å². The van der Waals surface area contributed by atoms with E-state index < -0.39 is 10.0 Å². The van der Waals surface area contributed by atoms with Gasteiger partial charge in [0.25, 0.3) is 15.9 Å². The van der Waals surface area contributed by atoms with Crippen molar-refractivity contribution < 1.29 is 17.9 Å². The minimum absolute atomic E-state index is 0.178. The molecule has 7 heteroatoms. The highest BCUT2D eigenvalue weighted by molar-refractivity contribution is 7.92. The van der Waals surface area contributed by atoms with Gasteiger partial charge in [0.05, 0.1) is 11.5 Å². The molecule has 0 aliphatic rings. The van der Waals surface area contributed by atoms with Crippen molar-refractivity contribution >= 4 is 21.6 Å². The Hall–Kier alpha value is -3.32. The van der Waals surface area contributed by atoms with E-state index in [1.54, 1.807) is 42.5 Å². The van der Waals surface area contributed by atoms with Crippen molar-refractivity contribution in [3.8, 4) is 5.75 Å². The minimum Gasteiger partial charge on any atom is -0.494 e. The number of unbranched alkanes of at least 4 members (excludes halogenated alkanes) is 1. The Bertz CT molecular complexity index is 1100. The molecule has 0 spiro atoms. The Balaban J connectivity index is 1.56. The van der Waals surface area contributed by atoms with Gasteiger partial charge in [-0.05, 0) is 60.5 Å². The van der Waals surface area contributed by atoms with Crippen molar-refractivity contribution in [1.29, 1.82) is 0 Å². The van der Waals surface area contributed by atoms with Crippen LogP contribution in [0.2, 0.25) is 0 Å². The van der Waals surface area contributed by atoms with Crippen LogP contribution in [-0.2, 0) is 16.6 Å². The highest BCUT2D eigenvalue weighted by atomic mass is 32.2. The first kappa shape index (κ1) is 22.4. The number of ether oxygens (including phenoxy) is 1. The summed E-state index contributed by atoms with van der Waals surface area (Å²) in [7, 11) is -3.67. The molecule has 0 heterocycles. The Kier molecular flexibility index (Phi) is 7.67. The van der Waals surface area contributed by atoms with E-state index in [9.17, 15) is 13.2 Å². The SMILES string of the molecule is CCCCOc1cccc(CNC(=O)c2ccc(NS(=O)(=O)c3ccccc3)cc2)c1. The van der Waals surface area contributed by atoms with Crippen molar-refractivity contribution in [2.24, 2.45) is 0 Å². The molecule has 3 rings (SSSR count). The van der Waals surface area contributed by atoms with E-state index in [-0.39, 0.29) is 10.8 Å². The van der Waals surface area contributed by atoms with Gasteiger partial charge in [0, 0.05) is 17.8 Å². The molecule has 0 saturated carbocycles. The Morgan fingerprint density at radius 3 is 2.39 bits per heavy atom. The molecular weight excluding hydrogens is 412 g/mol. The fraction of sp³-hybridized carbons (Fsp3) is 0.208. The van der Waals surface area contributed by atoms with Crippen LogP contribution in [0.25, 0.3) is 0 Å². The smallest absolute Gasteiger partial charge is 0.261 e. The van der Waals surface area contributed by atoms with Crippen molar-refractivity contribution in [1.82, 2.24) is 5.32 Å².